The van der Waals surface area contributed by atoms with E-state index in [4.69, 9.17) is 9.40 Å². The van der Waals surface area contributed by atoms with E-state index in [-0.39, 0.29) is 13.0 Å². The molecule has 0 saturated carbocycles. The van der Waals surface area contributed by atoms with Crippen molar-refractivity contribution in [2.24, 2.45) is 0 Å². The summed E-state index contributed by atoms with van der Waals surface area (Å²) in [6.07, 6.45) is 4.14. The number of hydrogen-bond acceptors (Lipinski definition) is 5. The topological polar surface area (TPSA) is 35.8 Å². The fraction of sp³-hybridized carbons (Fsp3) is 0.125. The van der Waals surface area contributed by atoms with Gasteiger partial charge in [-0.15, -0.1) is 0 Å². The fourth-order valence-corrected chi connectivity index (χ4v) is 4.63. The maximum Gasteiger partial charge on any atom is 0.306 e. The van der Waals surface area contributed by atoms with Gasteiger partial charge >= 0.3 is 6.85 Å². The highest BCUT2D eigenvalue weighted by Crippen LogP contribution is 2.43. The van der Waals surface area contributed by atoms with E-state index < -0.39 is 0 Å². The Morgan fingerprint density at radius 3 is 2.63 bits per heavy atom. The highest BCUT2D eigenvalue weighted by molar-refractivity contribution is 6.70. The van der Waals surface area contributed by atoms with E-state index >= 15 is 0 Å². The Bertz CT molecular complexity index is 1370. The monoisotopic (exact) mass is 392 g/mol. The zero-order chi connectivity index (χ0) is 20.2. The molecule has 146 valence electrons. The van der Waals surface area contributed by atoms with E-state index in [2.05, 4.69) is 83.2 Å². The van der Waals surface area contributed by atoms with Crippen molar-refractivity contribution in [3.05, 3.63) is 83.6 Å². The lowest BCUT2D eigenvalue weighted by Gasteiger charge is -2.39. The number of benzene rings is 2. The smallest absolute Gasteiger partial charge is 0.306 e. The predicted molar refractivity (Wildman–Crippen MR) is 123 cm³/mol. The van der Waals surface area contributed by atoms with Crippen molar-refractivity contribution in [3.8, 4) is 0 Å². The fourth-order valence-electron chi connectivity index (χ4n) is 4.63. The summed E-state index contributed by atoms with van der Waals surface area (Å²) in [5.74, 6) is 3.15. The number of fused-ring (bicyclic) bond motifs is 4. The molecule has 4 aromatic rings. The summed E-state index contributed by atoms with van der Waals surface area (Å²) < 4.78 is 6.10. The molecule has 6 heteroatoms. The second-order valence-electron chi connectivity index (χ2n) is 7.82. The Morgan fingerprint density at radius 1 is 0.967 bits per heavy atom. The average molecular weight is 392 g/mol. The molecule has 0 N–H and O–H groups in total. The van der Waals surface area contributed by atoms with E-state index in [0.29, 0.717) is 0 Å². The molecule has 0 aliphatic carbocycles. The maximum atomic E-state index is 6.10. The third-order valence-corrected chi connectivity index (χ3v) is 5.99. The van der Waals surface area contributed by atoms with E-state index in [1.54, 1.807) is 0 Å². The second-order valence-corrected chi connectivity index (χ2v) is 7.82. The Hall–Kier alpha value is -3.67. The number of hydrogen-bond donors (Lipinski definition) is 0. The van der Waals surface area contributed by atoms with Gasteiger partial charge in [0.05, 0.1) is 5.69 Å². The van der Waals surface area contributed by atoms with Gasteiger partial charge in [-0.25, -0.2) is 4.98 Å². The van der Waals surface area contributed by atoms with Crippen LogP contribution in [-0.2, 0) is 0 Å². The standard InChI is InChI=1S/C24H21BN4O/c1-17-28(18-9-4-3-5-10-18)21-12-8-14-26-24(21)29(17)27-16-20-19-11-6-7-13-22(19)30-23(20)15-25(27)2/h3-17H,1-2H3/t17-/m0/s1. The first-order valence-corrected chi connectivity index (χ1v) is 10.3. The van der Waals surface area contributed by atoms with Crippen molar-refractivity contribution in [1.82, 2.24) is 9.90 Å². The van der Waals surface area contributed by atoms with Crippen LogP contribution < -0.4 is 20.5 Å². The summed E-state index contributed by atoms with van der Waals surface area (Å²) in [5, 5.41) is 4.54. The number of nitrogens with zero attached hydrogens (tertiary/aromatic N) is 4. The van der Waals surface area contributed by atoms with E-state index in [0.717, 1.165) is 38.8 Å². The van der Waals surface area contributed by atoms with Gasteiger partial charge in [-0.2, -0.15) is 0 Å². The van der Waals surface area contributed by atoms with Crippen LogP contribution in [0.15, 0.2) is 77.3 Å². The van der Waals surface area contributed by atoms with E-state index in [9.17, 15) is 0 Å². The Labute approximate surface area is 175 Å². The SMILES string of the molecule is CB1C=c2oc3ccccc3c2=CN1N1c2ncccc2N(c2ccccc2)[C@@H]1C. The van der Waals surface area contributed by atoms with Gasteiger partial charge in [-0.1, -0.05) is 43.2 Å². The Morgan fingerprint density at radius 2 is 1.77 bits per heavy atom. The summed E-state index contributed by atoms with van der Waals surface area (Å²) in [6.45, 7) is 4.54. The summed E-state index contributed by atoms with van der Waals surface area (Å²) >= 11 is 0. The van der Waals surface area contributed by atoms with Crippen molar-refractivity contribution in [1.29, 1.82) is 0 Å². The van der Waals surface area contributed by atoms with Crippen molar-refractivity contribution < 1.29 is 4.42 Å². The zero-order valence-corrected chi connectivity index (χ0v) is 16.9. The van der Waals surface area contributed by atoms with Crippen LogP contribution in [0, 0.1) is 0 Å². The van der Waals surface area contributed by atoms with Gasteiger partial charge in [0.2, 0.25) is 0 Å². The maximum absolute atomic E-state index is 6.10. The molecule has 30 heavy (non-hydrogen) atoms. The third kappa shape index (κ3) is 2.40. The molecule has 2 aromatic heterocycles. The molecule has 4 heterocycles. The van der Waals surface area contributed by atoms with E-state index in [1.165, 1.54) is 0 Å². The highest BCUT2D eigenvalue weighted by Gasteiger charge is 2.39. The number of hydrazine groups is 1. The summed E-state index contributed by atoms with van der Waals surface area (Å²) in [5.41, 5.74) is 4.13. The largest absolute Gasteiger partial charge is 0.457 e. The first-order chi connectivity index (χ1) is 14.7. The van der Waals surface area contributed by atoms with Crippen molar-refractivity contribution >= 4 is 47.2 Å². The first-order valence-electron chi connectivity index (χ1n) is 10.3. The minimum Gasteiger partial charge on any atom is -0.457 e. The molecule has 2 aromatic carbocycles. The molecule has 0 radical (unpaired) electrons. The molecule has 0 unspecified atom stereocenters. The van der Waals surface area contributed by atoms with Crippen LogP contribution in [0.3, 0.4) is 0 Å². The number of furan rings is 1. The van der Waals surface area contributed by atoms with Crippen LogP contribution in [0.4, 0.5) is 17.2 Å². The van der Waals surface area contributed by atoms with Gasteiger partial charge in [-0.3, -0.25) is 5.01 Å². The number of aromatic nitrogens is 1. The number of para-hydroxylation sites is 2. The highest BCUT2D eigenvalue weighted by atomic mass is 16.3. The van der Waals surface area contributed by atoms with Crippen LogP contribution in [0.25, 0.3) is 23.1 Å². The normalized spacial score (nSPS) is 17.6. The van der Waals surface area contributed by atoms with E-state index in [1.807, 2.05) is 30.5 Å². The van der Waals surface area contributed by atoms with Crippen LogP contribution >= 0.6 is 0 Å². The van der Waals surface area contributed by atoms with Gasteiger partial charge in [0, 0.05) is 28.7 Å². The zero-order valence-electron chi connectivity index (χ0n) is 16.9. The molecule has 1 atom stereocenters. The molecule has 2 aliphatic rings. The molecular weight excluding hydrogens is 371 g/mol. The van der Waals surface area contributed by atoms with Crippen molar-refractivity contribution in [2.45, 2.75) is 19.9 Å². The molecule has 0 amide bonds. The lowest BCUT2D eigenvalue weighted by Crippen LogP contribution is -2.55. The lowest BCUT2D eigenvalue weighted by molar-refractivity contribution is 0.491. The van der Waals surface area contributed by atoms with Crippen LogP contribution in [0.1, 0.15) is 6.92 Å². The number of anilines is 3. The molecule has 5 nitrogen and oxygen atoms in total. The molecule has 0 spiro atoms. The number of rotatable bonds is 2. The molecule has 0 bridgehead atoms. The molecular formula is C24H21BN4O. The molecule has 6 rings (SSSR count). The average Bonchev–Trinajstić information content (AvgIpc) is 3.27. The van der Waals surface area contributed by atoms with Gasteiger partial charge in [-0.05, 0) is 43.2 Å². The Balaban J connectivity index is 1.52. The summed E-state index contributed by atoms with van der Waals surface area (Å²) in [6, 6.07) is 22.9. The summed E-state index contributed by atoms with van der Waals surface area (Å²) in [7, 11) is 0. The third-order valence-electron chi connectivity index (χ3n) is 5.99. The first kappa shape index (κ1) is 17.2. The van der Waals surface area contributed by atoms with Gasteiger partial charge < -0.3 is 14.2 Å². The minimum absolute atomic E-state index is 0.0733. The molecule has 0 fully saturated rings. The second kappa shape index (κ2) is 6.42. The van der Waals surface area contributed by atoms with Crippen molar-refractivity contribution in [2.75, 3.05) is 9.91 Å². The minimum atomic E-state index is 0.0733. The number of pyridine rings is 1. The molecule has 0 saturated heterocycles. The predicted octanol–water partition coefficient (Wildman–Crippen LogP) is 3.74. The van der Waals surface area contributed by atoms with Crippen molar-refractivity contribution in [3.63, 3.8) is 0 Å². The lowest BCUT2D eigenvalue weighted by atomic mass is 9.63. The van der Waals surface area contributed by atoms with Gasteiger partial charge in [0.1, 0.15) is 17.2 Å². The molecule has 2 aliphatic heterocycles. The van der Waals surface area contributed by atoms with Gasteiger partial charge in [0.25, 0.3) is 0 Å². The Kier molecular flexibility index (Phi) is 3.69. The quantitative estimate of drug-likeness (QED) is 0.486. The van der Waals surface area contributed by atoms with Gasteiger partial charge in [0.15, 0.2) is 5.82 Å². The summed E-state index contributed by atoms with van der Waals surface area (Å²) in [4.78, 5) is 9.39. The van der Waals surface area contributed by atoms with Crippen LogP contribution in [0.5, 0.6) is 0 Å². The van der Waals surface area contributed by atoms with Crippen LogP contribution in [0.2, 0.25) is 6.82 Å². The van der Waals surface area contributed by atoms with Crippen LogP contribution in [-0.4, -0.2) is 22.9 Å².